The van der Waals surface area contributed by atoms with Gasteiger partial charge in [0.2, 0.25) is 0 Å². The lowest BCUT2D eigenvalue weighted by molar-refractivity contribution is 0.660. The molecule has 0 N–H and O–H groups in total. The van der Waals surface area contributed by atoms with Crippen LogP contribution in [0, 0.1) is 0 Å². The molecule has 0 unspecified atom stereocenters. The fraction of sp³-hybridized carbons (Fsp3) is 0.0517. The highest BCUT2D eigenvalue weighted by atomic mass is 15.0. The highest BCUT2D eigenvalue weighted by molar-refractivity contribution is 6.14. The molecule has 0 saturated carbocycles. The van der Waals surface area contributed by atoms with Crippen molar-refractivity contribution in [1.29, 1.82) is 0 Å². The van der Waals surface area contributed by atoms with E-state index in [-0.39, 0.29) is 5.41 Å². The lowest BCUT2D eigenvalue weighted by Crippen LogP contribution is -2.14. The van der Waals surface area contributed by atoms with Crippen molar-refractivity contribution in [2.75, 3.05) is 0 Å². The van der Waals surface area contributed by atoms with Gasteiger partial charge in [-0.05, 0) is 91.0 Å². The number of benzene rings is 8. The van der Waals surface area contributed by atoms with Gasteiger partial charge in [0.05, 0.1) is 11.2 Å². The van der Waals surface area contributed by atoms with Gasteiger partial charge in [0.15, 0.2) is 17.5 Å². The predicted molar refractivity (Wildman–Crippen MR) is 258 cm³/mol. The van der Waals surface area contributed by atoms with Crippen LogP contribution < -0.4 is 0 Å². The van der Waals surface area contributed by atoms with Crippen molar-refractivity contribution >= 4 is 32.4 Å². The molecule has 0 fully saturated rings. The van der Waals surface area contributed by atoms with Crippen molar-refractivity contribution in [3.05, 3.63) is 212 Å². The average molecular weight is 806 g/mol. The number of para-hydroxylation sites is 1. The molecule has 3 heterocycles. The lowest BCUT2D eigenvalue weighted by atomic mass is 9.82. The van der Waals surface area contributed by atoms with E-state index in [0.29, 0.717) is 17.5 Å². The number of aromatic nitrogens is 5. The zero-order valence-electron chi connectivity index (χ0n) is 34.8. The molecule has 0 atom stereocenters. The lowest BCUT2D eigenvalue weighted by Gasteiger charge is -2.21. The van der Waals surface area contributed by atoms with Gasteiger partial charge in [0, 0.05) is 50.8 Å². The van der Waals surface area contributed by atoms with Crippen molar-refractivity contribution in [3.8, 4) is 78.8 Å². The number of fused-ring (bicyclic) bond motifs is 7. The summed E-state index contributed by atoms with van der Waals surface area (Å²) in [6.07, 6.45) is 3.81. The van der Waals surface area contributed by atoms with Crippen molar-refractivity contribution in [2.24, 2.45) is 0 Å². The third-order valence-corrected chi connectivity index (χ3v) is 12.8. The van der Waals surface area contributed by atoms with Crippen LogP contribution in [0.3, 0.4) is 0 Å². The minimum absolute atomic E-state index is 0.145. The Morgan fingerprint density at radius 2 is 0.889 bits per heavy atom. The van der Waals surface area contributed by atoms with E-state index >= 15 is 0 Å². The van der Waals surface area contributed by atoms with E-state index in [1.807, 2.05) is 48.8 Å². The van der Waals surface area contributed by atoms with Gasteiger partial charge in [-0.25, -0.2) is 19.9 Å². The second kappa shape index (κ2) is 14.5. The normalized spacial score (nSPS) is 12.7. The van der Waals surface area contributed by atoms with E-state index in [2.05, 4.69) is 170 Å². The zero-order chi connectivity index (χ0) is 42.1. The summed E-state index contributed by atoms with van der Waals surface area (Å²) >= 11 is 0. The van der Waals surface area contributed by atoms with Crippen LogP contribution in [0.2, 0.25) is 0 Å². The van der Waals surface area contributed by atoms with Crippen LogP contribution in [-0.4, -0.2) is 24.9 Å². The van der Waals surface area contributed by atoms with Gasteiger partial charge in [-0.15, -0.1) is 0 Å². The fourth-order valence-electron chi connectivity index (χ4n) is 9.76. The first-order chi connectivity index (χ1) is 31.0. The predicted octanol–water partition coefficient (Wildman–Crippen LogP) is 14.4. The number of rotatable bonds is 6. The number of nitrogens with zero attached hydrogens (tertiary/aromatic N) is 5. The molecule has 5 nitrogen and oxygen atoms in total. The topological polar surface area (TPSA) is 64.5 Å². The molecule has 1 aliphatic rings. The molecule has 1 aliphatic carbocycles. The number of pyridine rings is 2. The van der Waals surface area contributed by atoms with Crippen molar-refractivity contribution in [1.82, 2.24) is 24.9 Å². The first-order valence-corrected chi connectivity index (χ1v) is 21.4. The molecule has 8 aromatic carbocycles. The average Bonchev–Trinajstić information content (AvgIpc) is 3.59. The van der Waals surface area contributed by atoms with Gasteiger partial charge in [0.25, 0.3) is 0 Å². The van der Waals surface area contributed by atoms with Gasteiger partial charge in [-0.2, -0.15) is 0 Å². The minimum Gasteiger partial charge on any atom is -0.264 e. The molecular weight excluding hydrogens is 767 g/mol. The monoisotopic (exact) mass is 805 g/mol. The maximum Gasteiger partial charge on any atom is 0.164 e. The Bertz CT molecular complexity index is 3540. The van der Waals surface area contributed by atoms with E-state index < -0.39 is 0 Å². The van der Waals surface area contributed by atoms with E-state index in [1.54, 1.807) is 0 Å². The molecule has 3 aromatic heterocycles. The van der Waals surface area contributed by atoms with Gasteiger partial charge < -0.3 is 0 Å². The molecule has 0 aliphatic heterocycles. The summed E-state index contributed by atoms with van der Waals surface area (Å²) in [5, 5.41) is 5.52. The van der Waals surface area contributed by atoms with Crippen LogP contribution in [0.5, 0.6) is 0 Å². The highest BCUT2D eigenvalue weighted by Crippen LogP contribution is 2.52. The summed E-state index contributed by atoms with van der Waals surface area (Å²) in [5.41, 5.74) is 15.2. The van der Waals surface area contributed by atoms with E-state index in [9.17, 15) is 0 Å². The summed E-state index contributed by atoms with van der Waals surface area (Å²) in [4.78, 5) is 25.4. The van der Waals surface area contributed by atoms with Crippen molar-refractivity contribution in [3.63, 3.8) is 0 Å². The summed E-state index contributed by atoms with van der Waals surface area (Å²) in [6, 6.07) is 66.5. The highest BCUT2D eigenvalue weighted by Gasteiger charge is 2.36. The van der Waals surface area contributed by atoms with Gasteiger partial charge in [-0.1, -0.05) is 172 Å². The van der Waals surface area contributed by atoms with Crippen LogP contribution in [-0.2, 0) is 5.41 Å². The molecule has 0 bridgehead atoms. The van der Waals surface area contributed by atoms with Gasteiger partial charge >= 0.3 is 0 Å². The first kappa shape index (κ1) is 36.7. The number of hydrogen-bond acceptors (Lipinski definition) is 5. The van der Waals surface area contributed by atoms with E-state index in [0.717, 1.165) is 77.1 Å². The summed E-state index contributed by atoms with van der Waals surface area (Å²) in [7, 11) is 0. The maximum absolute atomic E-state index is 5.30. The standard InChI is InChI=1S/C58H39N5/c1-58(2)50-25-13-11-23-48(50)53-42(24-15-26-51(53)58)39-32-38(33-40(34-39)57-62-55(36-16-5-3-6-17-36)61-56(63-57)37-18-7-4-8-19-37)41-28-29-47(44-21-10-9-20-43(41)44)54-49-35-59-31-30-45(49)46-22-12-14-27-52(46)60-54/h3-35H,1-2H3. The summed E-state index contributed by atoms with van der Waals surface area (Å²) in [6.45, 7) is 4.67. The summed E-state index contributed by atoms with van der Waals surface area (Å²) < 4.78 is 0. The molecule has 12 rings (SSSR count). The first-order valence-electron chi connectivity index (χ1n) is 21.4. The molecule has 0 saturated heterocycles. The zero-order valence-corrected chi connectivity index (χ0v) is 34.8. The Morgan fingerprint density at radius 3 is 1.62 bits per heavy atom. The molecule has 0 spiro atoms. The molecule has 5 heteroatoms. The van der Waals surface area contributed by atoms with E-state index in [1.165, 1.54) is 27.8 Å². The van der Waals surface area contributed by atoms with E-state index in [4.69, 9.17) is 19.9 Å². The Kier molecular flexibility index (Phi) is 8.44. The van der Waals surface area contributed by atoms with Crippen LogP contribution in [0.15, 0.2) is 200 Å². The van der Waals surface area contributed by atoms with Crippen LogP contribution in [0.25, 0.3) is 111 Å². The Balaban J connectivity index is 1.12. The fourth-order valence-corrected chi connectivity index (χ4v) is 9.76. The molecule has 11 aromatic rings. The van der Waals surface area contributed by atoms with Crippen LogP contribution in [0.4, 0.5) is 0 Å². The van der Waals surface area contributed by atoms with Crippen molar-refractivity contribution in [2.45, 2.75) is 19.3 Å². The smallest absolute Gasteiger partial charge is 0.164 e. The SMILES string of the molecule is CC1(C)c2ccccc2-c2c(-c3cc(-c4nc(-c5ccccc5)nc(-c5ccccc5)n4)cc(-c4ccc(-c5nc6ccccc6c6ccncc56)c5ccccc45)c3)cccc21. The molecular formula is C58H39N5. The maximum atomic E-state index is 5.30. The minimum atomic E-state index is -0.145. The molecule has 63 heavy (non-hydrogen) atoms. The third kappa shape index (κ3) is 6.04. The Labute approximate surface area is 365 Å². The summed E-state index contributed by atoms with van der Waals surface area (Å²) in [5.74, 6) is 1.86. The van der Waals surface area contributed by atoms with Gasteiger partial charge in [0.1, 0.15) is 0 Å². The molecule has 296 valence electrons. The molecule has 0 amide bonds. The quantitative estimate of drug-likeness (QED) is 0.157. The number of hydrogen-bond donors (Lipinski definition) is 0. The third-order valence-electron chi connectivity index (χ3n) is 12.8. The van der Waals surface area contributed by atoms with Crippen LogP contribution in [0.1, 0.15) is 25.0 Å². The molecule has 0 radical (unpaired) electrons. The largest absolute Gasteiger partial charge is 0.264 e. The second-order valence-electron chi connectivity index (χ2n) is 16.8. The van der Waals surface area contributed by atoms with Gasteiger partial charge in [-0.3, -0.25) is 4.98 Å². The van der Waals surface area contributed by atoms with Crippen molar-refractivity contribution < 1.29 is 0 Å². The second-order valence-corrected chi connectivity index (χ2v) is 16.8. The Hall–Kier alpha value is -8.15. The van der Waals surface area contributed by atoms with Crippen LogP contribution >= 0.6 is 0 Å². The Morgan fingerprint density at radius 1 is 0.349 bits per heavy atom.